The van der Waals surface area contributed by atoms with Gasteiger partial charge in [-0.15, -0.1) is 0 Å². The number of amides is 2. The van der Waals surface area contributed by atoms with Crippen molar-refractivity contribution >= 4 is 11.8 Å². The third-order valence-electron chi connectivity index (χ3n) is 1.40. The highest BCUT2D eigenvalue weighted by molar-refractivity contribution is 5.88. The van der Waals surface area contributed by atoms with Gasteiger partial charge in [0, 0.05) is 5.69 Å². The van der Waals surface area contributed by atoms with Crippen LogP contribution in [0.3, 0.4) is 0 Å². The summed E-state index contributed by atoms with van der Waals surface area (Å²) >= 11 is 0. The molecule has 5 nitrogen and oxygen atoms in total. The van der Waals surface area contributed by atoms with E-state index in [9.17, 15) is 4.79 Å². The summed E-state index contributed by atoms with van der Waals surface area (Å²) in [5, 5.41) is 10.9. The van der Waals surface area contributed by atoms with Crippen molar-refractivity contribution in [2.45, 2.75) is 6.92 Å². The highest BCUT2D eigenvalue weighted by Gasteiger charge is 2.04. The fourth-order valence-electron chi connectivity index (χ4n) is 0.859. The maximum atomic E-state index is 10.5. The fraction of sp³-hybridized carbons (Fsp3) is 0.125. The Morgan fingerprint density at radius 2 is 2.38 bits per heavy atom. The number of hydrogen-bond acceptors (Lipinski definition) is 3. The minimum absolute atomic E-state index is 0.204. The van der Waals surface area contributed by atoms with E-state index in [0.717, 1.165) is 0 Å². The average Bonchev–Trinajstić information content (AvgIpc) is 2.03. The van der Waals surface area contributed by atoms with Gasteiger partial charge in [0.15, 0.2) is 5.82 Å². The number of rotatable bonds is 1. The van der Waals surface area contributed by atoms with E-state index in [0.29, 0.717) is 11.3 Å². The number of aryl methyl sites for hydroxylation is 1. The van der Waals surface area contributed by atoms with Crippen LogP contribution in [0.4, 0.5) is 10.6 Å². The Morgan fingerprint density at radius 1 is 1.69 bits per heavy atom. The molecule has 0 spiro atoms. The Hall–Kier alpha value is -2.09. The number of hydrogen-bond donors (Lipinski definition) is 2. The molecular weight excluding hydrogens is 168 g/mol. The van der Waals surface area contributed by atoms with Crippen LogP contribution < -0.4 is 11.1 Å². The van der Waals surface area contributed by atoms with Crippen molar-refractivity contribution in [1.82, 2.24) is 4.98 Å². The van der Waals surface area contributed by atoms with Crippen molar-refractivity contribution in [3.63, 3.8) is 0 Å². The second-order valence-corrected chi connectivity index (χ2v) is 2.45. The Morgan fingerprint density at radius 3 is 2.92 bits per heavy atom. The van der Waals surface area contributed by atoms with Gasteiger partial charge in [-0.3, -0.25) is 5.32 Å². The molecule has 3 N–H and O–H groups in total. The van der Waals surface area contributed by atoms with Gasteiger partial charge in [0.05, 0.1) is 5.56 Å². The van der Waals surface area contributed by atoms with Crippen LogP contribution in [-0.2, 0) is 0 Å². The van der Waals surface area contributed by atoms with Crippen LogP contribution in [0, 0.1) is 18.3 Å². The molecular formula is C8H8N4O. The Kier molecular flexibility index (Phi) is 2.45. The molecule has 13 heavy (non-hydrogen) atoms. The number of nitriles is 1. The summed E-state index contributed by atoms with van der Waals surface area (Å²) in [5.74, 6) is 0.204. The summed E-state index contributed by atoms with van der Waals surface area (Å²) in [4.78, 5) is 14.5. The van der Waals surface area contributed by atoms with E-state index < -0.39 is 6.03 Å². The molecule has 1 aromatic rings. The molecule has 5 heteroatoms. The van der Waals surface area contributed by atoms with Crippen molar-refractivity contribution in [3.8, 4) is 6.07 Å². The van der Waals surface area contributed by atoms with E-state index >= 15 is 0 Å². The summed E-state index contributed by atoms with van der Waals surface area (Å²) in [6.07, 6.45) is 0. The zero-order valence-electron chi connectivity index (χ0n) is 7.03. The molecule has 0 bridgehead atoms. The number of urea groups is 1. The molecule has 0 aliphatic heterocycles. The minimum Gasteiger partial charge on any atom is -0.351 e. The topological polar surface area (TPSA) is 91.8 Å². The van der Waals surface area contributed by atoms with Gasteiger partial charge >= 0.3 is 6.03 Å². The standard InChI is InChI=1S/C8H8N4O/c1-5-2-3-6(4-9)7(11-5)12-8(10)13/h2-3H,1H3,(H3,10,11,12,13). The molecule has 2 amide bonds. The number of nitrogens with zero attached hydrogens (tertiary/aromatic N) is 2. The molecule has 0 radical (unpaired) electrons. The lowest BCUT2D eigenvalue weighted by atomic mass is 10.2. The first kappa shape index (κ1) is 9.00. The number of carbonyl (C=O) groups is 1. The van der Waals surface area contributed by atoms with Crippen molar-refractivity contribution in [2.75, 3.05) is 5.32 Å². The van der Waals surface area contributed by atoms with E-state index in [2.05, 4.69) is 10.3 Å². The van der Waals surface area contributed by atoms with Crippen LogP contribution in [0.5, 0.6) is 0 Å². The first-order valence-corrected chi connectivity index (χ1v) is 3.57. The molecule has 66 valence electrons. The van der Waals surface area contributed by atoms with Crippen LogP contribution >= 0.6 is 0 Å². The zero-order chi connectivity index (χ0) is 9.84. The number of primary amides is 1. The Balaban J connectivity index is 3.10. The Bertz CT molecular complexity index is 380. The third-order valence-corrected chi connectivity index (χ3v) is 1.40. The van der Waals surface area contributed by atoms with Crippen LogP contribution in [0.1, 0.15) is 11.3 Å². The molecule has 0 unspecified atom stereocenters. The maximum absolute atomic E-state index is 10.5. The molecule has 0 aliphatic rings. The van der Waals surface area contributed by atoms with Gasteiger partial charge in [0.2, 0.25) is 0 Å². The first-order chi connectivity index (χ1) is 6.13. The van der Waals surface area contributed by atoms with Crippen molar-refractivity contribution in [3.05, 3.63) is 23.4 Å². The molecule has 0 atom stereocenters. The van der Waals surface area contributed by atoms with E-state index in [1.54, 1.807) is 19.1 Å². The van der Waals surface area contributed by atoms with Gasteiger partial charge in [0.1, 0.15) is 6.07 Å². The van der Waals surface area contributed by atoms with Crippen LogP contribution in [0.15, 0.2) is 12.1 Å². The highest BCUT2D eigenvalue weighted by Crippen LogP contribution is 2.11. The molecule has 0 aromatic carbocycles. The number of nitrogens with two attached hydrogens (primary N) is 1. The molecule has 0 aliphatic carbocycles. The molecule has 0 saturated carbocycles. The molecule has 1 aromatic heterocycles. The highest BCUT2D eigenvalue weighted by atomic mass is 16.2. The predicted molar refractivity (Wildman–Crippen MR) is 46.9 cm³/mol. The van der Waals surface area contributed by atoms with Crippen LogP contribution in [-0.4, -0.2) is 11.0 Å². The number of pyridine rings is 1. The van der Waals surface area contributed by atoms with Gasteiger partial charge in [-0.2, -0.15) is 5.26 Å². The summed E-state index contributed by atoms with van der Waals surface area (Å²) in [7, 11) is 0. The largest absolute Gasteiger partial charge is 0.351 e. The van der Waals surface area contributed by atoms with Crippen molar-refractivity contribution < 1.29 is 4.79 Å². The molecule has 0 fully saturated rings. The zero-order valence-corrected chi connectivity index (χ0v) is 7.03. The lowest BCUT2D eigenvalue weighted by Gasteiger charge is -2.03. The maximum Gasteiger partial charge on any atom is 0.317 e. The number of nitrogens with one attached hydrogen (secondary N) is 1. The normalized spacial score (nSPS) is 8.92. The number of aromatic nitrogens is 1. The SMILES string of the molecule is Cc1ccc(C#N)c(NC(N)=O)n1. The van der Waals surface area contributed by atoms with Crippen LogP contribution in [0.2, 0.25) is 0 Å². The monoisotopic (exact) mass is 176 g/mol. The van der Waals surface area contributed by atoms with E-state index in [1.165, 1.54) is 0 Å². The fourth-order valence-corrected chi connectivity index (χ4v) is 0.859. The first-order valence-electron chi connectivity index (χ1n) is 3.57. The van der Waals surface area contributed by atoms with E-state index in [-0.39, 0.29) is 5.82 Å². The van der Waals surface area contributed by atoms with Gasteiger partial charge in [0.25, 0.3) is 0 Å². The summed E-state index contributed by atoms with van der Waals surface area (Å²) in [6, 6.07) is 4.43. The molecule has 0 saturated heterocycles. The van der Waals surface area contributed by atoms with Gasteiger partial charge in [-0.05, 0) is 19.1 Å². The van der Waals surface area contributed by atoms with Crippen LogP contribution in [0.25, 0.3) is 0 Å². The number of anilines is 1. The summed E-state index contributed by atoms with van der Waals surface area (Å²) in [6.45, 7) is 1.76. The predicted octanol–water partition coefficient (Wildman–Crippen LogP) is 0.752. The van der Waals surface area contributed by atoms with Crippen molar-refractivity contribution in [2.24, 2.45) is 5.73 Å². The third kappa shape index (κ3) is 2.17. The number of carbonyl (C=O) groups excluding carboxylic acids is 1. The molecule has 1 heterocycles. The van der Waals surface area contributed by atoms with Gasteiger partial charge in [-0.1, -0.05) is 0 Å². The van der Waals surface area contributed by atoms with Crippen molar-refractivity contribution in [1.29, 1.82) is 5.26 Å². The lowest BCUT2D eigenvalue weighted by molar-refractivity contribution is 0.259. The second-order valence-electron chi connectivity index (χ2n) is 2.45. The lowest BCUT2D eigenvalue weighted by Crippen LogP contribution is -2.20. The summed E-state index contributed by atoms with van der Waals surface area (Å²) < 4.78 is 0. The Labute approximate surface area is 75.2 Å². The van der Waals surface area contributed by atoms with Gasteiger partial charge in [-0.25, -0.2) is 9.78 Å². The quantitative estimate of drug-likeness (QED) is 0.661. The van der Waals surface area contributed by atoms with E-state index in [1.807, 2.05) is 6.07 Å². The summed E-state index contributed by atoms with van der Waals surface area (Å²) in [5.41, 5.74) is 5.91. The minimum atomic E-state index is -0.727. The second kappa shape index (κ2) is 3.54. The average molecular weight is 176 g/mol. The molecule has 1 rings (SSSR count). The smallest absolute Gasteiger partial charge is 0.317 e. The van der Waals surface area contributed by atoms with Gasteiger partial charge < -0.3 is 5.73 Å². The van der Waals surface area contributed by atoms with E-state index in [4.69, 9.17) is 11.0 Å².